The summed E-state index contributed by atoms with van der Waals surface area (Å²) in [6.45, 7) is 0. The van der Waals surface area contributed by atoms with Gasteiger partial charge in [0.25, 0.3) is 0 Å². The summed E-state index contributed by atoms with van der Waals surface area (Å²) in [5, 5.41) is 4.15. The zero-order valence-electron chi connectivity index (χ0n) is 15.0. The summed E-state index contributed by atoms with van der Waals surface area (Å²) in [4.78, 5) is 15.8. The molecule has 27 heavy (non-hydrogen) atoms. The first-order valence-electron chi connectivity index (χ1n) is 8.82. The van der Waals surface area contributed by atoms with E-state index in [1.807, 2.05) is 60.7 Å². The minimum Gasteiger partial charge on any atom is -0.497 e. The number of amides is 1. The van der Waals surface area contributed by atoms with E-state index < -0.39 is 0 Å². The topological polar surface area (TPSA) is 54.1 Å². The van der Waals surface area contributed by atoms with Crippen LogP contribution in [0.5, 0.6) is 5.75 Å². The Bertz CT molecular complexity index is 1050. The second kappa shape index (κ2) is 7.38. The Labute approximate surface area is 157 Å². The highest BCUT2D eigenvalue weighted by Gasteiger charge is 2.07. The number of anilines is 1. The molecule has 0 spiro atoms. The Hall–Kier alpha value is -3.53. The normalized spacial score (nSPS) is 10.7. The van der Waals surface area contributed by atoms with Crippen molar-refractivity contribution in [1.29, 1.82) is 0 Å². The van der Waals surface area contributed by atoms with Crippen LogP contribution in [0, 0.1) is 0 Å². The smallest absolute Gasteiger partial charge is 0.228 e. The van der Waals surface area contributed by atoms with Gasteiger partial charge in [0.1, 0.15) is 5.75 Å². The molecule has 1 aromatic heterocycles. The molecule has 1 amide bonds. The number of fused-ring (bicyclic) bond motifs is 1. The van der Waals surface area contributed by atoms with Crippen LogP contribution in [0.25, 0.3) is 22.2 Å². The van der Waals surface area contributed by atoms with Crippen LogP contribution in [0.15, 0.2) is 78.9 Å². The third-order valence-electron chi connectivity index (χ3n) is 4.51. The molecule has 0 aliphatic heterocycles. The molecular formula is C23H20N2O2. The maximum absolute atomic E-state index is 12.4. The lowest BCUT2D eigenvalue weighted by molar-refractivity contribution is -0.115. The van der Waals surface area contributed by atoms with Crippen molar-refractivity contribution in [2.24, 2.45) is 0 Å². The predicted octanol–water partition coefficient (Wildman–Crippen LogP) is 5.02. The Morgan fingerprint density at radius 1 is 0.963 bits per heavy atom. The van der Waals surface area contributed by atoms with Crippen LogP contribution in [-0.2, 0) is 11.2 Å². The van der Waals surface area contributed by atoms with E-state index in [2.05, 4.69) is 28.5 Å². The SMILES string of the molecule is COc1ccc(CC(=O)Nc2cccc(-c3cc4ccccc4[nH]3)c2)cc1. The van der Waals surface area contributed by atoms with Gasteiger partial charge in [-0.15, -0.1) is 0 Å². The summed E-state index contributed by atoms with van der Waals surface area (Å²) in [6, 6.07) is 25.7. The number of carbonyl (C=O) groups excluding carboxylic acids is 1. The number of benzene rings is 3. The first-order valence-corrected chi connectivity index (χ1v) is 8.82. The second-order valence-electron chi connectivity index (χ2n) is 6.42. The van der Waals surface area contributed by atoms with Gasteiger partial charge in [-0.25, -0.2) is 0 Å². The van der Waals surface area contributed by atoms with Crippen LogP contribution < -0.4 is 10.1 Å². The fraction of sp³-hybridized carbons (Fsp3) is 0.0870. The summed E-state index contributed by atoms with van der Waals surface area (Å²) in [7, 11) is 1.63. The molecule has 0 fully saturated rings. The molecule has 1 heterocycles. The van der Waals surface area contributed by atoms with Gasteiger partial charge >= 0.3 is 0 Å². The fourth-order valence-electron chi connectivity index (χ4n) is 3.13. The van der Waals surface area contributed by atoms with Gasteiger partial charge in [-0.3, -0.25) is 4.79 Å². The van der Waals surface area contributed by atoms with Gasteiger partial charge in [-0.1, -0.05) is 42.5 Å². The number of H-pyrrole nitrogens is 1. The molecule has 4 heteroatoms. The highest BCUT2D eigenvalue weighted by Crippen LogP contribution is 2.26. The van der Waals surface area contributed by atoms with Crippen LogP contribution in [0.1, 0.15) is 5.56 Å². The molecule has 3 aromatic carbocycles. The molecule has 0 radical (unpaired) electrons. The molecule has 4 aromatic rings. The van der Waals surface area contributed by atoms with Crippen molar-refractivity contribution in [2.45, 2.75) is 6.42 Å². The number of hydrogen-bond acceptors (Lipinski definition) is 2. The number of nitrogens with one attached hydrogen (secondary N) is 2. The molecule has 0 aliphatic rings. The van der Waals surface area contributed by atoms with Crippen LogP contribution in [-0.4, -0.2) is 18.0 Å². The number of carbonyl (C=O) groups is 1. The average molecular weight is 356 g/mol. The lowest BCUT2D eigenvalue weighted by Gasteiger charge is -2.08. The van der Waals surface area contributed by atoms with E-state index in [0.717, 1.165) is 33.8 Å². The number of rotatable bonds is 5. The molecule has 0 bridgehead atoms. The van der Waals surface area contributed by atoms with E-state index in [-0.39, 0.29) is 5.91 Å². The highest BCUT2D eigenvalue weighted by molar-refractivity contribution is 5.93. The van der Waals surface area contributed by atoms with Crippen LogP contribution in [0.3, 0.4) is 0 Å². The first kappa shape index (κ1) is 16.9. The van der Waals surface area contributed by atoms with Gasteiger partial charge in [0, 0.05) is 27.8 Å². The number of para-hydroxylation sites is 1. The van der Waals surface area contributed by atoms with Crippen molar-refractivity contribution >= 4 is 22.5 Å². The van der Waals surface area contributed by atoms with Crippen molar-refractivity contribution < 1.29 is 9.53 Å². The zero-order valence-corrected chi connectivity index (χ0v) is 15.0. The molecule has 0 saturated carbocycles. The third kappa shape index (κ3) is 3.85. The summed E-state index contributed by atoms with van der Waals surface area (Å²) >= 11 is 0. The lowest BCUT2D eigenvalue weighted by Crippen LogP contribution is -2.14. The summed E-state index contributed by atoms with van der Waals surface area (Å²) < 4.78 is 5.14. The molecule has 0 unspecified atom stereocenters. The molecular weight excluding hydrogens is 336 g/mol. The van der Waals surface area contributed by atoms with Crippen molar-refractivity contribution in [1.82, 2.24) is 4.98 Å². The Morgan fingerprint density at radius 3 is 2.56 bits per heavy atom. The zero-order chi connectivity index (χ0) is 18.6. The number of ether oxygens (including phenoxy) is 1. The fourth-order valence-corrected chi connectivity index (χ4v) is 3.13. The Kier molecular flexibility index (Phi) is 4.62. The number of aromatic amines is 1. The van der Waals surface area contributed by atoms with Gasteiger partial charge in [-0.05, 0) is 42.0 Å². The second-order valence-corrected chi connectivity index (χ2v) is 6.42. The summed E-state index contributed by atoms with van der Waals surface area (Å²) in [5.41, 5.74) is 4.89. The molecule has 0 aliphatic carbocycles. The van der Waals surface area contributed by atoms with Crippen molar-refractivity contribution in [3.63, 3.8) is 0 Å². The molecule has 0 saturated heterocycles. The molecule has 2 N–H and O–H groups in total. The van der Waals surface area contributed by atoms with Gasteiger partial charge in [0.2, 0.25) is 5.91 Å². The molecule has 0 atom stereocenters. The van der Waals surface area contributed by atoms with Crippen LogP contribution >= 0.6 is 0 Å². The van der Waals surface area contributed by atoms with E-state index in [1.54, 1.807) is 7.11 Å². The monoisotopic (exact) mass is 356 g/mol. The van der Waals surface area contributed by atoms with E-state index in [0.29, 0.717) is 6.42 Å². The summed E-state index contributed by atoms with van der Waals surface area (Å²) in [6.07, 6.45) is 0.320. The number of hydrogen-bond donors (Lipinski definition) is 2. The van der Waals surface area contributed by atoms with E-state index in [9.17, 15) is 4.79 Å². The van der Waals surface area contributed by atoms with Gasteiger partial charge in [0.05, 0.1) is 13.5 Å². The minimum absolute atomic E-state index is 0.0473. The predicted molar refractivity (Wildman–Crippen MR) is 109 cm³/mol. The first-order chi connectivity index (χ1) is 13.2. The molecule has 4 nitrogen and oxygen atoms in total. The average Bonchev–Trinajstić information content (AvgIpc) is 3.13. The largest absolute Gasteiger partial charge is 0.497 e. The number of aromatic nitrogens is 1. The van der Waals surface area contributed by atoms with Gasteiger partial charge < -0.3 is 15.0 Å². The van der Waals surface area contributed by atoms with E-state index in [1.165, 1.54) is 5.39 Å². The Morgan fingerprint density at radius 2 is 1.78 bits per heavy atom. The Balaban J connectivity index is 1.49. The third-order valence-corrected chi connectivity index (χ3v) is 4.51. The molecule has 134 valence electrons. The van der Waals surface area contributed by atoms with Crippen LogP contribution in [0.4, 0.5) is 5.69 Å². The maximum Gasteiger partial charge on any atom is 0.228 e. The van der Waals surface area contributed by atoms with Gasteiger partial charge in [-0.2, -0.15) is 0 Å². The van der Waals surface area contributed by atoms with Gasteiger partial charge in [0.15, 0.2) is 0 Å². The van der Waals surface area contributed by atoms with E-state index in [4.69, 9.17) is 4.74 Å². The van der Waals surface area contributed by atoms with Crippen molar-refractivity contribution in [3.05, 3.63) is 84.4 Å². The highest BCUT2D eigenvalue weighted by atomic mass is 16.5. The van der Waals surface area contributed by atoms with Crippen molar-refractivity contribution in [3.8, 4) is 17.0 Å². The number of methoxy groups -OCH3 is 1. The quantitative estimate of drug-likeness (QED) is 0.527. The maximum atomic E-state index is 12.4. The minimum atomic E-state index is -0.0473. The lowest BCUT2D eigenvalue weighted by atomic mass is 10.1. The molecule has 4 rings (SSSR count). The standard InChI is InChI=1S/C23H20N2O2/c1-27-20-11-9-16(10-12-20)13-23(26)24-19-7-4-6-17(14-19)22-15-18-5-2-3-8-21(18)25-22/h2-12,14-15,25H,13H2,1H3,(H,24,26). The van der Waals surface area contributed by atoms with Crippen LogP contribution in [0.2, 0.25) is 0 Å². The van der Waals surface area contributed by atoms with E-state index >= 15 is 0 Å². The van der Waals surface area contributed by atoms with Crippen molar-refractivity contribution in [2.75, 3.05) is 12.4 Å². The summed E-state index contributed by atoms with van der Waals surface area (Å²) in [5.74, 6) is 0.735.